The zero-order valence-corrected chi connectivity index (χ0v) is 5.77. The summed E-state index contributed by atoms with van der Waals surface area (Å²) in [6.07, 6.45) is 1.36. The maximum absolute atomic E-state index is 2.20. The van der Waals surface area contributed by atoms with Crippen LogP contribution >= 0.6 is 0 Å². The molecule has 0 spiro atoms. The van der Waals surface area contributed by atoms with E-state index < -0.39 is 0 Å². The molecule has 0 amide bonds. The smallest absolute Gasteiger partial charge is 1.00 e. The van der Waals surface area contributed by atoms with Gasteiger partial charge in [-0.2, -0.15) is 0 Å². The summed E-state index contributed by atoms with van der Waals surface area (Å²) in [7, 11) is 0. The number of rotatable bonds is 1. The van der Waals surface area contributed by atoms with Crippen LogP contribution in [0.2, 0.25) is 4.44 Å². The number of hydrogen-bond acceptors (Lipinski definition) is 0. The van der Waals surface area contributed by atoms with Gasteiger partial charge in [0.1, 0.15) is 0 Å². The van der Waals surface area contributed by atoms with E-state index in [4.69, 9.17) is 0 Å². The van der Waals surface area contributed by atoms with Gasteiger partial charge in [0.05, 0.1) is 0 Å². The molecule has 0 heterocycles. The van der Waals surface area contributed by atoms with Gasteiger partial charge in [0.2, 0.25) is 0 Å². The van der Waals surface area contributed by atoms with Gasteiger partial charge < -0.3 is 1.43 Å². The molecule has 0 fully saturated rings. The third-order valence-electron chi connectivity index (χ3n) is 0.250. The topological polar surface area (TPSA) is 0 Å². The van der Waals surface area contributed by atoms with Gasteiger partial charge in [0, 0.05) is 0 Å². The van der Waals surface area contributed by atoms with E-state index in [1.807, 2.05) is 0 Å². The Morgan fingerprint density at radius 1 is 2.00 bits per heavy atom. The van der Waals surface area contributed by atoms with Crippen LogP contribution in [-0.4, -0.2) is 22.5 Å². The van der Waals surface area contributed by atoms with Gasteiger partial charge in [-0.25, -0.2) is 0 Å². The van der Waals surface area contributed by atoms with E-state index >= 15 is 0 Å². The third kappa shape index (κ3) is 2.80. The summed E-state index contributed by atoms with van der Waals surface area (Å²) >= 11 is 1.67. The molecule has 0 N–H and O–H groups in total. The molecule has 0 aliphatic rings. The van der Waals surface area contributed by atoms with Crippen molar-refractivity contribution in [3.63, 3.8) is 0 Å². The minimum absolute atomic E-state index is 0. The van der Waals surface area contributed by atoms with Crippen molar-refractivity contribution in [2.24, 2.45) is 0 Å². The number of hydrogen-bond donors (Lipinski definition) is 0. The van der Waals surface area contributed by atoms with E-state index in [-0.39, 0.29) is 1.43 Å². The quantitative estimate of drug-likeness (QED) is 0.507. The minimum Gasteiger partial charge on any atom is -1.00 e. The van der Waals surface area contributed by atoms with Crippen LogP contribution in [0.1, 0.15) is 14.8 Å². The molecule has 0 nitrogen and oxygen atoms in total. The van der Waals surface area contributed by atoms with Crippen LogP contribution in [0.4, 0.5) is 0 Å². The van der Waals surface area contributed by atoms with Crippen molar-refractivity contribution in [2.75, 3.05) is 0 Å². The Morgan fingerprint density at radius 3 is 2.25 bits per heavy atom. The molecular weight excluding hydrogens is 155 g/mol. The van der Waals surface area contributed by atoms with Crippen LogP contribution in [0.15, 0.2) is 0 Å². The molecule has 1 heteroatoms. The maximum atomic E-state index is 2.20. The molecule has 0 aromatic rings. The van der Waals surface area contributed by atoms with Gasteiger partial charge in [0.15, 0.2) is 0 Å². The zero-order chi connectivity index (χ0) is 3.41. The first kappa shape index (κ1) is 4.80. The molecule has 0 saturated heterocycles. The van der Waals surface area contributed by atoms with Crippen LogP contribution in [0, 0.1) is 0 Å². The average Bonchev–Trinajstić information content (AvgIpc) is 1.37. The molecule has 0 aromatic carbocycles. The fourth-order valence-electron chi connectivity index (χ4n) is 0. The summed E-state index contributed by atoms with van der Waals surface area (Å²) in [5.74, 6) is 0. The molecule has 3 radical (unpaired) electrons. The second-order valence-electron chi connectivity index (χ2n) is 0.750. The zero-order valence-electron chi connectivity index (χ0n) is 3.91. The van der Waals surface area contributed by atoms with Crippen molar-refractivity contribution in [1.29, 1.82) is 0 Å². The average molecular weight is 163 g/mol. The van der Waals surface area contributed by atoms with E-state index in [1.165, 1.54) is 10.9 Å². The molecule has 25 valence electrons. The Morgan fingerprint density at radius 2 is 2.25 bits per heavy atom. The molecule has 0 aromatic heterocycles. The van der Waals surface area contributed by atoms with Crippen LogP contribution < -0.4 is 0 Å². The minimum atomic E-state index is 0. The summed E-state index contributed by atoms with van der Waals surface area (Å²) in [5, 5.41) is 0. The molecule has 4 heavy (non-hydrogen) atoms. The van der Waals surface area contributed by atoms with Crippen molar-refractivity contribution in [3.05, 3.63) is 0 Å². The largest absolute Gasteiger partial charge is 1.00 e. The van der Waals surface area contributed by atoms with E-state index in [0.717, 1.165) is 0 Å². The summed E-state index contributed by atoms with van der Waals surface area (Å²) in [5.41, 5.74) is 0. The summed E-state index contributed by atoms with van der Waals surface area (Å²) in [4.78, 5) is 0. The van der Waals surface area contributed by atoms with Crippen LogP contribution in [0.5, 0.6) is 0 Å². The van der Waals surface area contributed by atoms with Gasteiger partial charge >= 0.3 is 40.3 Å². The second-order valence-corrected chi connectivity index (χ2v) is 2.18. The van der Waals surface area contributed by atoms with Crippen molar-refractivity contribution in [1.82, 2.24) is 0 Å². The second kappa shape index (κ2) is 3.80. The first-order valence-electron chi connectivity index (χ1n) is 1.56. The fourth-order valence-corrected chi connectivity index (χ4v) is 0. The van der Waals surface area contributed by atoms with Gasteiger partial charge in [-0.1, -0.05) is 0 Å². The predicted molar refractivity (Wildman–Crippen MR) is 22.0 cm³/mol. The Bertz CT molecular complexity index is 8.85. The maximum Gasteiger partial charge on any atom is -1.00 e. The Kier molecular flexibility index (Phi) is 4.56. The van der Waals surface area contributed by atoms with Gasteiger partial charge in [-0.3, -0.25) is 0 Å². The van der Waals surface area contributed by atoms with Crippen LogP contribution in [0.3, 0.4) is 0 Å². The van der Waals surface area contributed by atoms with E-state index in [9.17, 15) is 0 Å². The monoisotopic (exact) mass is 164 g/mol. The molecular formula is C3H8Sn-. The van der Waals surface area contributed by atoms with Crippen molar-refractivity contribution in [3.8, 4) is 0 Å². The first-order chi connectivity index (χ1) is 1.91. The molecule has 0 saturated carbocycles. The standard InChI is InChI=1S/C3H7.Sn.H/c1-3-2;;/h1,3H2,2H3;;/q;;-1. The molecule has 0 atom stereocenters. The summed E-state index contributed by atoms with van der Waals surface area (Å²) in [6, 6.07) is 0. The molecule has 0 rings (SSSR count). The van der Waals surface area contributed by atoms with Crippen LogP contribution in [0.25, 0.3) is 0 Å². The molecule has 0 aliphatic carbocycles. The van der Waals surface area contributed by atoms with Crippen molar-refractivity contribution in [2.45, 2.75) is 17.8 Å². The van der Waals surface area contributed by atoms with E-state index in [1.54, 1.807) is 22.5 Å². The Labute approximate surface area is 42.2 Å². The Hall–Kier alpha value is 0.799. The van der Waals surface area contributed by atoms with Crippen molar-refractivity contribution < 1.29 is 1.43 Å². The third-order valence-corrected chi connectivity index (χ3v) is 1.68. The molecule has 0 aliphatic heterocycles. The van der Waals surface area contributed by atoms with Crippen molar-refractivity contribution >= 4 is 22.5 Å². The van der Waals surface area contributed by atoms with Gasteiger partial charge in [-0.15, -0.1) is 0 Å². The fraction of sp³-hybridized carbons (Fsp3) is 1.00. The summed E-state index contributed by atoms with van der Waals surface area (Å²) in [6.45, 7) is 2.20. The Balaban J connectivity index is 0. The molecule has 0 unspecified atom stereocenters. The van der Waals surface area contributed by atoms with Crippen LogP contribution in [-0.2, 0) is 0 Å². The SMILES string of the molecule is CC[CH2][Sn].[H-]. The van der Waals surface area contributed by atoms with Gasteiger partial charge in [0.25, 0.3) is 0 Å². The first-order valence-corrected chi connectivity index (χ1v) is 3.58. The van der Waals surface area contributed by atoms with Gasteiger partial charge in [-0.05, 0) is 0 Å². The van der Waals surface area contributed by atoms with E-state index in [2.05, 4.69) is 6.92 Å². The predicted octanol–water partition coefficient (Wildman–Crippen LogP) is 1.10. The van der Waals surface area contributed by atoms with E-state index in [0.29, 0.717) is 0 Å². The normalized spacial score (nSPS) is 7.50. The summed E-state index contributed by atoms with van der Waals surface area (Å²) < 4.78 is 1.41. The molecule has 0 bridgehead atoms.